The van der Waals surface area contributed by atoms with E-state index >= 15 is 0 Å². The number of benzene rings is 2. The molecule has 2 heterocycles. The van der Waals surface area contributed by atoms with Crippen LogP contribution >= 0.6 is 0 Å². The van der Waals surface area contributed by atoms with E-state index in [1.54, 1.807) is 67.8 Å². The number of aromatic nitrogens is 1. The molecule has 1 aromatic heterocycles. The summed E-state index contributed by atoms with van der Waals surface area (Å²) in [6.45, 7) is 4.04. The summed E-state index contributed by atoms with van der Waals surface area (Å²) >= 11 is 0. The standard InChI is InChI=1S/C27H24N2O5/c1-3-34-27(33)20-12-8-18(9-13-20)16-29-23(21-5-4-14-28-15-21)22(25(31)26(29)32)24(30)19-10-6-17(2)7-11-19/h4-15,23,30H,3,16H2,1-2H3/b24-22+. The van der Waals surface area contributed by atoms with Crippen molar-refractivity contribution < 1.29 is 24.2 Å². The predicted octanol–water partition coefficient (Wildman–Crippen LogP) is 4.19. The minimum absolute atomic E-state index is 0.0185. The van der Waals surface area contributed by atoms with Gasteiger partial charge in [-0.25, -0.2) is 4.79 Å². The summed E-state index contributed by atoms with van der Waals surface area (Å²) in [4.78, 5) is 43.7. The first kappa shape index (κ1) is 22.9. The van der Waals surface area contributed by atoms with E-state index in [1.807, 2.05) is 19.1 Å². The Hall–Kier alpha value is -4.26. The van der Waals surface area contributed by atoms with Crippen LogP contribution in [-0.2, 0) is 20.9 Å². The zero-order valence-corrected chi connectivity index (χ0v) is 18.9. The lowest BCUT2D eigenvalue weighted by Crippen LogP contribution is -2.29. The topological polar surface area (TPSA) is 96.8 Å². The first-order valence-corrected chi connectivity index (χ1v) is 10.9. The molecule has 7 nitrogen and oxygen atoms in total. The van der Waals surface area contributed by atoms with Gasteiger partial charge in [0.2, 0.25) is 0 Å². The van der Waals surface area contributed by atoms with Crippen LogP contribution in [0.15, 0.2) is 78.6 Å². The Bertz CT molecular complexity index is 1250. The molecule has 0 bridgehead atoms. The average Bonchev–Trinajstić information content (AvgIpc) is 3.10. The monoisotopic (exact) mass is 456 g/mol. The highest BCUT2D eigenvalue weighted by Crippen LogP contribution is 2.40. The third-order valence-electron chi connectivity index (χ3n) is 5.68. The highest BCUT2D eigenvalue weighted by atomic mass is 16.5. The van der Waals surface area contributed by atoms with Crippen LogP contribution in [0.4, 0.5) is 0 Å². The lowest BCUT2D eigenvalue weighted by molar-refractivity contribution is -0.140. The molecule has 0 aliphatic carbocycles. The number of aliphatic hydroxyl groups excluding tert-OH is 1. The molecule has 1 atom stereocenters. The molecule has 1 N–H and O–H groups in total. The fraction of sp³-hybridized carbons (Fsp3) is 0.185. The van der Waals surface area contributed by atoms with Crippen molar-refractivity contribution in [3.05, 3.63) is 106 Å². The number of amides is 1. The van der Waals surface area contributed by atoms with Gasteiger partial charge in [-0.1, -0.05) is 48.0 Å². The van der Waals surface area contributed by atoms with Gasteiger partial charge in [-0.2, -0.15) is 0 Å². The molecular formula is C27H24N2O5. The molecule has 1 amide bonds. The Morgan fingerprint density at radius 1 is 1.03 bits per heavy atom. The van der Waals surface area contributed by atoms with Gasteiger partial charge in [-0.15, -0.1) is 0 Å². The Labute approximate surface area is 197 Å². The predicted molar refractivity (Wildman–Crippen MR) is 126 cm³/mol. The minimum Gasteiger partial charge on any atom is -0.507 e. The molecule has 3 aromatic rings. The number of nitrogens with zero attached hydrogens (tertiary/aromatic N) is 2. The first-order valence-electron chi connectivity index (χ1n) is 10.9. The summed E-state index contributed by atoms with van der Waals surface area (Å²) in [5, 5.41) is 11.1. The first-order chi connectivity index (χ1) is 16.4. The van der Waals surface area contributed by atoms with Crippen molar-refractivity contribution in [2.24, 2.45) is 0 Å². The Balaban J connectivity index is 1.74. The lowest BCUT2D eigenvalue weighted by Gasteiger charge is -2.25. The van der Waals surface area contributed by atoms with Crippen LogP contribution in [0.2, 0.25) is 0 Å². The van der Waals surface area contributed by atoms with Gasteiger partial charge in [0, 0.05) is 24.5 Å². The number of pyridine rings is 1. The molecule has 0 saturated carbocycles. The van der Waals surface area contributed by atoms with Crippen molar-refractivity contribution in [2.45, 2.75) is 26.4 Å². The van der Waals surface area contributed by atoms with Crippen LogP contribution in [0.3, 0.4) is 0 Å². The SMILES string of the molecule is CCOC(=O)c1ccc(CN2C(=O)C(=O)/C(=C(/O)c3ccc(C)cc3)C2c2cccnc2)cc1. The van der Waals surface area contributed by atoms with Crippen molar-refractivity contribution >= 4 is 23.4 Å². The Morgan fingerprint density at radius 3 is 2.32 bits per heavy atom. The third-order valence-corrected chi connectivity index (χ3v) is 5.68. The summed E-state index contributed by atoms with van der Waals surface area (Å²) in [6.07, 6.45) is 3.18. The number of ether oxygens (including phenoxy) is 1. The van der Waals surface area contributed by atoms with E-state index < -0.39 is 23.7 Å². The number of likely N-dealkylation sites (tertiary alicyclic amines) is 1. The smallest absolute Gasteiger partial charge is 0.338 e. The fourth-order valence-corrected chi connectivity index (χ4v) is 3.95. The zero-order chi connectivity index (χ0) is 24.2. The van der Waals surface area contributed by atoms with Crippen LogP contribution in [0.5, 0.6) is 0 Å². The van der Waals surface area contributed by atoms with Gasteiger partial charge in [0.25, 0.3) is 11.7 Å². The van der Waals surface area contributed by atoms with Crippen LogP contribution < -0.4 is 0 Å². The van der Waals surface area contributed by atoms with Gasteiger partial charge < -0.3 is 14.7 Å². The normalized spacial score (nSPS) is 17.1. The van der Waals surface area contributed by atoms with E-state index in [9.17, 15) is 19.5 Å². The highest BCUT2D eigenvalue weighted by Gasteiger charge is 2.46. The van der Waals surface area contributed by atoms with E-state index in [2.05, 4.69) is 4.98 Å². The largest absolute Gasteiger partial charge is 0.507 e. The van der Waals surface area contributed by atoms with E-state index in [1.165, 1.54) is 4.90 Å². The summed E-state index contributed by atoms with van der Waals surface area (Å²) < 4.78 is 5.01. The van der Waals surface area contributed by atoms with Crippen molar-refractivity contribution in [1.82, 2.24) is 9.88 Å². The van der Waals surface area contributed by atoms with Crippen LogP contribution in [0.1, 0.15) is 45.6 Å². The lowest BCUT2D eigenvalue weighted by atomic mass is 9.96. The molecule has 1 unspecified atom stereocenters. The number of aryl methyl sites for hydroxylation is 1. The summed E-state index contributed by atoms with van der Waals surface area (Å²) in [5.74, 6) is -2.12. The van der Waals surface area contributed by atoms with Gasteiger partial charge in [-0.05, 0) is 43.2 Å². The van der Waals surface area contributed by atoms with Gasteiger partial charge in [0.1, 0.15) is 5.76 Å². The number of esters is 1. The molecule has 1 aliphatic rings. The number of ketones is 1. The van der Waals surface area contributed by atoms with Gasteiger partial charge in [-0.3, -0.25) is 14.6 Å². The maximum Gasteiger partial charge on any atom is 0.338 e. The number of rotatable bonds is 6. The maximum absolute atomic E-state index is 13.1. The molecule has 2 aromatic carbocycles. The third kappa shape index (κ3) is 4.45. The van der Waals surface area contributed by atoms with Gasteiger partial charge in [0.05, 0.1) is 23.8 Å². The van der Waals surface area contributed by atoms with Gasteiger partial charge >= 0.3 is 5.97 Å². The second-order valence-electron chi connectivity index (χ2n) is 8.00. The summed E-state index contributed by atoms with van der Waals surface area (Å²) in [7, 11) is 0. The number of hydrogen-bond donors (Lipinski definition) is 1. The van der Waals surface area contributed by atoms with Crippen molar-refractivity contribution in [2.75, 3.05) is 6.61 Å². The molecule has 172 valence electrons. The quantitative estimate of drug-likeness (QED) is 0.259. The number of carbonyl (C=O) groups is 3. The van der Waals surface area contributed by atoms with Crippen molar-refractivity contribution in [3.8, 4) is 0 Å². The molecule has 4 rings (SSSR count). The zero-order valence-electron chi connectivity index (χ0n) is 18.9. The van der Waals surface area contributed by atoms with E-state index in [0.717, 1.165) is 11.1 Å². The second kappa shape index (κ2) is 9.70. The van der Waals surface area contributed by atoms with Crippen LogP contribution in [0, 0.1) is 6.92 Å². The highest BCUT2D eigenvalue weighted by molar-refractivity contribution is 6.46. The molecular weight excluding hydrogens is 432 g/mol. The van der Waals surface area contributed by atoms with Gasteiger partial charge in [0.15, 0.2) is 0 Å². The fourth-order valence-electron chi connectivity index (χ4n) is 3.95. The Kier molecular flexibility index (Phi) is 6.54. The summed E-state index contributed by atoms with van der Waals surface area (Å²) in [6, 6.07) is 16.4. The number of aliphatic hydroxyl groups is 1. The van der Waals surface area contributed by atoms with E-state index in [-0.39, 0.29) is 24.5 Å². The molecule has 1 aliphatic heterocycles. The molecule has 34 heavy (non-hydrogen) atoms. The van der Waals surface area contributed by atoms with Crippen molar-refractivity contribution in [1.29, 1.82) is 0 Å². The summed E-state index contributed by atoms with van der Waals surface area (Å²) in [5.41, 5.74) is 3.21. The number of carbonyl (C=O) groups excluding carboxylic acids is 3. The number of Topliss-reactive ketones (excluding diaryl/α,β-unsaturated/α-hetero) is 1. The molecule has 0 radical (unpaired) electrons. The second-order valence-corrected chi connectivity index (χ2v) is 8.00. The molecule has 0 spiro atoms. The Morgan fingerprint density at radius 2 is 1.71 bits per heavy atom. The number of hydrogen-bond acceptors (Lipinski definition) is 6. The maximum atomic E-state index is 13.1. The van der Waals surface area contributed by atoms with Crippen LogP contribution in [-0.4, -0.2) is 39.3 Å². The molecule has 1 saturated heterocycles. The van der Waals surface area contributed by atoms with E-state index in [0.29, 0.717) is 16.7 Å². The van der Waals surface area contributed by atoms with Crippen molar-refractivity contribution in [3.63, 3.8) is 0 Å². The minimum atomic E-state index is -0.806. The molecule has 1 fully saturated rings. The molecule has 7 heteroatoms. The average molecular weight is 456 g/mol. The van der Waals surface area contributed by atoms with E-state index in [4.69, 9.17) is 4.74 Å². The van der Waals surface area contributed by atoms with Crippen LogP contribution in [0.25, 0.3) is 5.76 Å².